The first-order valence-corrected chi connectivity index (χ1v) is 5.32. The van der Waals surface area contributed by atoms with Crippen LogP contribution >= 0.6 is 0 Å². The second-order valence-electron chi connectivity index (χ2n) is 3.74. The van der Waals surface area contributed by atoms with E-state index >= 15 is 0 Å². The van der Waals surface area contributed by atoms with E-state index in [1.807, 2.05) is 13.8 Å². The topological polar surface area (TPSA) is 64.4 Å². The molecule has 0 aromatic heterocycles. The molecular formula is C12H18N2O2. The first-order chi connectivity index (χ1) is 7.58. The van der Waals surface area contributed by atoms with Gasteiger partial charge >= 0.3 is 0 Å². The van der Waals surface area contributed by atoms with Gasteiger partial charge in [-0.15, -0.1) is 0 Å². The highest BCUT2D eigenvalue weighted by Gasteiger charge is 2.13. The van der Waals surface area contributed by atoms with Crippen molar-refractivity contribution in [3.8, 4) is 5.75 Å². The minimum absolute atomic E-state index is 0.138. The van der Waals surface area contributed by atoms with Crippen molar-refractivity contribution in [1.29, 1.82) is 0 Å². The van der Waals surface area contributed by atoms with Gasteiger partial charge < -0.3 is 15.8 Å². The van der Waals surface area contributed by atoms with Crippen molar-refractivity contribution in [3.05, 3.63) is 23.8 Å². The number of ether oxygens (including phenoxy) is 1. The summed E-state index contributed by atoms with van der Waals surface area (Å²) in [5, 5.41) is 2.87. The van der Waals surface area contributed by atoms with Crippen LogP contribution in [0.3, 0.4) is 0 Å². The minimum atomic E-state index is -0.154. The van der Waals surface area contributed by atoms with Crippen LogP contribution in [-0.4, -0.2) is 19.1 Å². The van der Waals surface area contributed by atoms with E-state index in [1.54, 1.807) is 18.2 Å². The third kappa shape index (κ3) is 2.89. The number of nitrogens with two attached hydrogens (primary N) is 1. The molecule has 0 saturated heterocycles. The van der Waals surface area contributed by atoms with Crippen molar-refractivity contribution in [2.75, 3.05) is 12.8 Å². The monoisotopic (exact) mass is 222 g/mol. The van der Waals surface area contributed by atoms with E-state index in [9.17, 15) is 4.79 Å². The molecule has 88 valence electrons. The molecule has 0 radical (unpaired) electrons. The van der Waals surface area contributed by atoms with Gasteiger partial charge in [-0.25, -0.2) is 0 Å². The Morgan fingerprint density at radius 1 is 1.56 bits per heavy atom. The normalized spacial score (nSPS) is 11.9. The number of hydrogen-bond donors (Lipinski definition) is 2. The van der Waals surface area contributed by atoms with Crippen LogP contribution < -0.4 is 15.8 Å². The average molecular weight is 222 g/mol. The van der Waals surface area contributed by atoms with E-state index in [0.717, 1.165) is 6.42 Å². The van der Waals surface area contributed by atoms with Crippen LogP contribution in [0.5, 0.6) is 5.75 Å². The maximum atomic E-state index is 11.9. The van der Waals surface area contributed by atoms with Gasteiger partial charge in [0.1, 0.15) is 5.75 Å². The summed E-state index contributed by atoms with van der Waals surface area (Å²) in [4.78, 5) is 11.9. The molecule has 1 rings (SSSR count). The highest BCUT2D eigenvalue weighted by atomic mass is 16.5. The summed E-state index contributed by atoms with van der Waals surface area (Å²) < 4.78 is 5.12. The van der Waals surface area contributed by atoms with E-state index in [2.05, 4.69) is 5.32 Å². The molecule has 0 spiro atoms. The zero-order chi connectivity index (χ0) is 12.1. The maximum Gasteiger partial charge on any atom is 0.255 e. The second-order valence-corrected chi connectivity index (χ2v) is 3.74. The molecule has 0 aliphatic carbocycles. The zero-order valence-electron chi connectivity index (χ0n) is 9.91. The number of amides is 1. The molecule has 1 aromatic carbocycles. The number of rotatable bonds is 4. The Hall–Kier alpha value is -1.71. The molecule has 0 heterocycles. The number of anilines is 1. The number of nitrogen functional groups attached to an aromatic ring is 1. The van der Waals surface area contributed by atoms with E-state index in [1.165, 1.54) is 7.11 Å². The highest BCUT2D eigenvalue weighted by molar-refractivity contribution is 5.97. The molecular weight excluding hydrogens is 204 g/mol. The van der Waals surface area contributed by atoms with Crippen molar-refractivity contribution in [1.82, 2.24) is 5.32 Å². The van der Waals surface area contributed by atoms with Crippen LogP contribution in [-0.2, 0) is 0 Å². The fourth-order valence-electron chi connectivity index (χ4n) is 1.31. The van der Waals surface area contributed by atoms with Crippen LogP contribution in [0.15, 0.2) is 18.2 Å². The number of nitrogens with one attached hydrogen (secondary N) is 1. The summed E-state index contributed by atoms with van der Waals surface area (Å²) in [5.41, 5.74) is 6.67. The van der Waals surface area contributed by atoms with Crippen LogP contribution in [0.25, 0.3) is 0 Å². The Kier molecular flexibility index (Phi) is 4.17. The standard InChI is InChI=1S/C12H18N2O2/c1-4-8(2)14-12(15)10-7-9(13)5-6-11(10)16-3/h5-8H,4,13H2,1-3H3,(H,14,15)/t8-/m1/s1. The third-order valence-corrected chi connectivity index (χ3v) is 2.46. The molecule has 1 amide bonds. The molecule has 4 nitrogen and oxygen atoms in total. The lowest BCUT2D eigenvalue weighted by atomic mass is 10.1. The Bertz CT molecular complexity index is 377. The molecule has 1 aromatic rings. The summed E-state index contributed by atoms with van der Waals surface area (Å²) in [7, 11) is 1.53. The molecule has 0 bridgehead atoms. The SMILES string of the molecule is CC[C@@H](C)NC(=O)c1cc(N)ccc1OC. The molecule has 1 atom stereocenters. The average Bonchev–Trinajstić information content (AvgIpc) is 2.28. The molecule has 0 fully saturated rings. The summed E-state index contributed by atoms with van der Waals surface area (Å²) in [5.74, 6) is 0.383. The summed E-state index contributed by atoms with van der Waals surface area (Å²) in [6.07, 6.45) is 0.885. The zero-order valence-corrected chi connectivity index (χ0v) is 9.91. The van der Waals surface area contributed by atoms with Gasteiger partial charge in [-0.3, -0.25) is 4.79 Å². The number of benzene rings is 1. The molecule has 0 unspecified atom stereocenters. The minimum Gasteiger partial charge on any atom is -0.496 e. The van der Waals surface area contributed by atoms with E-state index in [0.29, 0.717) is 17.0 Å². The number of carbonyl (C=O) groups is 1. The van der Waals surface area contributed by atoms with Gasteiger partial charge in [-0.2, -0.15) is 0 Å². The molecule has 16 heavy (non-hydrogen) atoms. The lowest BCUT2D eigenvalue weighted by molar-refractivity contribution is 0.0936. The maximum absolute atomic E-state index is 11.9. The third-order valence-electron chi connectivity index (χ3n) is 2.46. The molecule has 3 N–H and O–H groups in total. The van der Waals surface area contributed by atoms with Crippen LogP contribution in [0.2, 0.25) is 0 Å². The lowest BCUT2D eigenvalue weighted by Crippen LogP contribution is -2.32. The molecule has 4 heteroatoms. The van der Waals surface area contributed by atoms with Gasteiger partial charge in [0.15, 0.2) is 0 Å². The highest BCUT2D eigenvalue weighted by Crippen LogP contribution is 2.20. The van der Waals surface area contributed by atoms with Gasteiger partial charge in [-0.1, -0.05) is 6.92 Å². The predicted octanol–water partition coefficient (Wildman–Crippen LogP) is 1.81. The van der Waals surface area contributed by atoms with Crippen molar-refractivity contribution in [2.45, 2.75) is 26.3 Å². The first kappa shape index (κ1) is 12.4. The fourth-order valence-corrected chi connectivity index (χ4v) is 1.31. The Labute approximate surface area is 95.8 Å². The van der Waals surface area contributed by atoms with Crippen LogP contribution in [0.1, 0.15) is 30.6 Å². The van der Waals surface area contributed by atoms with Gasteiger partial charge in [0, 0.05) is 11.7 Å². The molecule has 0 aliphatic rings. The fraction of sp³-hybridized carbons (Fsp3) is 0.417. The summed E-state index contributed by atoms with van der Waals surface area (Å²) >= 11 is 0. The van der Waals surface area contributed by atoms with E-state index in [-0.39, 0.29) is 11.9 Å². The smallest absolute Gasteiger partial charge is 0.255 e. The molecule has 0 aliphatic heterocycles. The van der Waals surface area contributed by atoms with Crippen LogP contribution in [0, 0.1) is 0 Å². The van der Waals surface area contributed by atoms with Crippen molar-refractivity contribution in [3.63, 3.8) is 0 Å². The number of methoxy groups -OCH3 is 1. The van der Waals surface area contributed by atoms with Gasteiger partial charge in [0.25, 0.3) is 5.91 Å². The number of carbonyl (C=O) groups excluding carboxylic acids is 1. The summed E-state index contributed by atoms with van der Waals surface area (Å²) in [6, 6.07) is 5.16. The van der Waals surface area contributed by atoms with Crippen molar-refractivity contribution >= 4 is 11.6 Å². The number of hydrogen-bond acceptors (Lipinski definition) is 3. The van der Waals surface area contributed by atoms with Crippen molar-refractivity contribution in [2.24, 2.45) is 0 Å². The van der Waals surface area contributed by atoms with Crippen molar-refractivity contribution < 1.29 is 9.53 Å². The Morgan fingerprint density at radius 3 is 2.81 bits per heavy atom. The quantitative estimate of drug-likeness (QED) is 0.763. The van der Waals surface area contributed by atoms with E-state index < -0.39 is 0 Å². The van der Waals surface area contributed by atoms with Gasteiger partial charge in [0.05, 0.1) is 12.7 Å². The Morgan fingerprint density at radius 2 is 2.25 bits per heavy atom. The predicted molar refractivity (Wildman–Crippen MR) is 64.6 cm³/mol. The first-order valence-electron chi connectivity index (χ1n) is 5.32. The van der Waals surface area contributed by atoms with Gasteiger partial charge in [-0.05, 0) is 31.5 Å². The second kappa shape index (κ2) is 5.39. The molecule has 0 saturated carbocycles. The largest absolute Gasteiger partial charge is 0.496 e. The van der Waals surface area contributed by atoms with Crippen LogP contribution in [0.4, 0.5) is 5.69 Å². The lowest BCUT2D eigenvalue weighted by Gasteiger charge is -2.13. The Balaban J connectivity index is 2.93. The van der Waals surface area contributed by atoms with E-state index in [4.69, 9.17) is 10.5 Å². The van der Waals surface area contributed by atoms with Gasteiger partial charge in [0.2, 0.25) is 0 Å². The summed E-state index contributed by atoms with van der Waals surface area (Å²) in [6.45, 7) is 3.97.